The molecule has 3 rings (SSSR count). The molecule has 0 aliphatic carbocycles. The summed E-state index contributed by atoms with van der Waals surface area (Å²) in [4.78, 5) is 0. The molecule has 0 amide bonds. The molecule has 0 aromatic heterocycles. The number of nitrogens with zero attached hydrogens (tertiary/aromatic N) is 1. The third-order valence-corrected chi connectivity index (χ3v) is 5.45. The van der Waals surface area contributed by atoms with Crippen LogP contribution >= 0.6 is 46.4 Å². The molecule has 7 heteroatoms. The molecule has 31 heavy (non-hydrogen) atoms. The van der Waals surface area contributed by atoms with Gasteiger partial charge in [-0.25, -0.2) is 0 Å². The van der Waals surface area contributed by atoms with Gasteiger partial charge in [0.05, 0.1) is 23.3 Å². The van der Waals surface area contributed by atoms with E-state index in [1.807, 2.05) is 25.1 Å². The SMILES string of the molecule is CCOc1cc(/C=C(\C#N)c2ccc(Cl)cc2Cl)ccc1OCc1ccc(Cl)cc1Cl. The Hall–Kier alpha value is -2.35. The number of hydrogen-bond acceptors (Lipinski definition) is 3. The first-order valence-electron chi connectivity index (χ1n) is 9.32. The summed E-state index contributed by atoms with van der Waals surface area (Å²) in [5, 5.41) is 11.6. The molecule has 0 bridgehead atoms. The lowest BCUT2D eigenvalue weighted by atomic mass is 10.0. The Kier molecular flexibility index (Phi) is 8.12. The van der Waals surface area contributed by atoms with Crippen molar-refractivity contribution in [3.63, 3.8) is 0 Å². The number of nitriles is 1. The zero-order valence-corrected chi connectivity index (χ0v) is 19.5. The number of benzene rings is 3. The zero-order valence-electron chi connectivity index (χ0n) is 16.5. The lowest BCUT2D eigenvalue weighted by Crippen LogP contribution is -2.00. The van der Waals surface area contributed by atoms with Crippen molar-refractivity contribution in [3.8, 4) is 17.6 Å². The summed E-state index contributed by atoms with van der Waals surface area (Å²) in [7, 11) is 0. The molecule has 0 saturated heterocycles. The average molecular weight is 493 g/mol. The van der Waals surface area contributed by atoms with Gasteiger partial charge in [0.1, 0.15) is 6.61 Å². The van der Waals surface area contributed by atoms with Gasteiger partial charge >= 0.3 is 0 Å². The molecular weight excluding hydrogens is 476 g/mol. The van der Waals surface area contributed by atoms with Crippen molar-refractivity contribution < 1.29 is 9.47 Å². The van der Waals surface area contributed by atoms with Gasteiger partial charge in [-0.1, -0.05) is 64.6 Å². The van der Waals surface area contributed by atoms with E-state index >= 15 is 0 Å². The second kappa shape index (κ2) is 10.8. The summed E-state index contributed by atoms with van der Waals surface area (Å²) >= 11 is 24.4. The van der Waals surface area contributed by atoms with Crippen molar-refractivity contribution in [1.82, 2.24) is 0 Å². The number of hydrogen-bond donors (Lipinski definition) is 0. The molecule has 0 atom stereocenters. The number of halogens is 4. The monoisotopic (exact) mass is 491 g/mol. The zero-order chi connectivity index (χ0) is 22.4. The van der Waals surface area contributed by atoms with Crippen LogP contribution in [0.1, 0.15) is 23.6 Å². The van der Waals surface area contributed by atoms with E-state index in [2.05, 4.69) is 6.07 Å². The minimum absolute atomic E-state index is 0.259. The summed E-state index contributed by atoms with van der Waals surface area (Å²) in [6, 6.07) is 17.9. The van der Waals surface area contributed by atoms with E-state index < -0.39 is 0 Å². The van der Waals surface area contributed by atoms with Gasteiger partial charge in [0.25, 0.3) is 0 Å². The normalized spacial score (nSPS) is 11.2. The fraction of sp³-hybridized carbons (Fsp3) is 0.125. The maximum Gasteiger partial charge on any atom is 0.161 e. The summed E-state index contributed by atoms with van der Waals surface area (Å²) in [6.07, 6.45) is 1.73. The van der Waals surface area contributed by atoms with E-state index in [1.165, 1.54) is 0 Å². The second-order valence-electron chi connectivity index (χ2n) is 6.46. The van der Waals surface area contributed by atoms with Crippen LogP contribution in [0.4, 0.5) is 0 Å². The van der Waals surface area contributed by atoms with Crippen molar-refractivity contribution in [2.75, 3.05) is 6.61 Å². The lowest BCUT2D eigenvalue weighted by molar-refractivity contribution is 0.269. The molecule has 0 fully saturated rings. The minimum atomic E-state index is 0.259. The van der Waals surface area contributed by atoms with Crippen LogP contribution < -0.4 is 9.47 Å². The minimum Gasteiger partial charge on any atom is -0.490 e. The first-order valence-corrected chi connectivity index (χ1v) is 10.8. The van der Waals surface area contributed by atoms with Crippen LogP contribution in [0.3, 0.4) is 0 Å². The molecule has 3 aromatic rings. The van der Waals surface area contributed by atoms with Crippen LogP contribution in [0.5, 0.6) is 11.5 Å². The van der Waals surface area contributed by atoms with Crippen molar-refractivity contribution in [2.45, 2.75) is 13.5 Å². The van der Waals surface area contributed by atoms with Crippen LogP contribution in [0, 0.1) is 11.3 Å². The van der Waals surface area contributed by atoms with E-state index in [0.717, 1.165) is 11.1 Å². The number of allylic oxidation sites excluding steroid dienone is 1. The molecule has 0 aliphatic heterocycles. The Balaban J connectivity index is 1.88. The van der Waals surface area contributed by atoms with E-state index in [9.17, 15) is 5.26 Å². The van der Waals surface area contributed by atoms with Crippen molar-refractivity contribution >= 4 is 58.1 Å². The van der Waals surface area contributed by atoms with Gasteiger partial charge in [-0.2, -0.15) is 5.26 Å². The van der Waals surface area contributed by atoms with E-state index in [4.69, 9.17) is 55.9 Å². The van der Waals surface area contributed by atoms with Crippen LogP contribution in [-0.4, -0.2) is 6.61 Å². The maximum absolute atomic E-state index is 9.63. The summed E-state index contributed by atoms with van der Waals surface area (Å²) < 4.78 is 11.7. The lowest BCUT2D eigenvalue weighted by Gasteiger charge is -2.14. The summed E-state index contributed by atoms with van der Waals surface area (Å²) in [5.74, 6) is 1.12. The van der Waals surface area contributed by atoms with Gasteiger partial charge in [0.2, 0.25) is 0 Å². The van der Waals surface area contributed by atoms with Gasteiger partial charge in [-0.05, 0) is 55.0 Å². The highest BCUT2D eigenvalue weighted by Crippen LogP contribution is 2.33. The van der Waals surface area contributed by atoms with Crippen molar-refractivity contribution in [1.29, 1.82) is 5.26 Å². The second-order valence-corrected chi connectivity index (χ2v) is 8.14. The van der Waals surface area contributed by atoms with E-state index in [-0.39, 0.29) is 6.61 Å². The standard InChI is InChI=1S/C24H17Cl4NO2/c1-2-30-24-10-15(9-17(13-29)20-7-6-19(26)12-22(20)28)3-8-23(24)31-14-16-4-5-18(25)11-21(16)27/h3-12H,2,14H2,1H3/b17-9+. The van der Waals surface area contributed by atoms with Gasteiger partial charge in [-0.3, -0.25) is 0 Å². The largest absolute Gasteiger partial charge is 0.490 e. The van der Waals surface area contributed by atoms with Gasteiger partial charge in [0, 0.05) is 26.2 Å². The van der Waals surface area contributed by atoms with Crippen LogP contribution in [-0.2, 0) is 6.61 Å². The fourth-order valence-corrected chi connectivity index (χ4v) is 3.81. The molecule has 3 nitrogen and oxygen atoms in total. The smallest absolute Gasteiger partial charge is 0.161 e. The molecule has 3 aromatic carbocycles. The topological polar surface area (TPSA) is 42.2 Å². The van der Waals surface area contributed by atoms with Crippen molar-refractivity contribution in [3.05, 3.63) is 91.4 Å². The van der Waals surface area contributed by atoms with Gasteiger partial charge < -0.3 is 9.47 Å². The highest BCUT2D eigenvalue weighted by Gasteiger charge is 2.11. The molecule has 0 radical (unpaired) electrons. The average Bonchev–Trinajstić information content (AvgIpc) is 2.73. The first-order chi connectivity index (χ1) is 14.9. The van der Waals surface area contributed by atoms with Crippen molar-refractivity contribution in [2.24, 2.45) is 0 Å². The Labute approximate surface area is 201 Å². The number of ether oxygens (including phenoxy) is 2. The third kappa shape index (κ3) is 6.09. The summed E-state index contributed by atoms with van der Waals surface area (Å²) in [5.41, 5.74) is 2.58. The molecule has 0 unspecified atom stereocenters. The molecule has 158 valence electrons. The Morgan fingerprint density at radius 3 is 2.23 bits per heavy atom. The molecule has 0 heterocycles. The van der Waals surface area contributed by atoms with E-state index in [1.54, 1.807) is 42.5 Å². The van der Waals surface area contributed by atoms with Gasteiger partial charge in [-0.15, -0.1) is 0 Å². The Morgan fingerprint density at radius 2 is 1.58 bits per heavy atom. The molecule has 0 aliphatic rings. The Morgan fingerprint density at radius 1 is 0.871 bits per heavy atom. The predicted molar refractivity (Wildman–Crippen MR) is 128 cm³/mol. The fourth-order valence-electron chi connectivity index (χ4n) is 2.84. The van der Waals surface area contributed by atoms with Crippen LogP contribution in [0.2, 0.25) is 20.1 Å². The molecule has 0 saturated carbocycles. The maximum atomic E-state index is 9.63. The van der Waals surface area contributed by atoms with E-state index in [0.29, 0.717) is 49.3 Å². The Bertz CT molecular complexity index is 1170. The first kappa shape index (κ1) is 23.3. The third-order valence-electron chi connectivity index (χ3n) is 4.32. The molecule has 0 N–H and O–H groups in total. The molecular formula is C24H17Cl4NO2. The number of rotatable bonds is 7. The van der Waals surface area contributed by atoms with Gasteiger partial charge in [0.15, 0.2) is 11.5 Å². The highest BCUT2D eigenvalue weighted by molar-refractivity contribution is 6.36. The quantitative estimate of drug-likeness (QED) is 0.246. The highest BCUT2D eigenvalue weighted by atomic mass is 35.5. The van der Waals surface area contributed by atoms with Crippen LogP contribution in [0.15, 0.2) is 54.6 Å². The van der Waals surface area contributed by atoms with Crippen LogP contribution in [0.25, 0.3) is 11.6 Å². The molecule has 0 spiro atoms. The predicted octanol–water partition coefficient (Wildman–Crippen LogP) is 8.34. The summed E-state index contributed by atoms with van der Waals surface area (Å²) in [6.45, 7) is 2.60.